The van der Waals surface area contributed by atoms with Gasteiger partial charge in [-0.25, -0.2) is 0 Å². The van der Waals surface area contributed by atoms with Crippen molar-refractivity contribution in [2.75, 3.05) is 0 Å². The minimum absolute atomic E-state index is 0.0418. The van der Waals surface area contributed by atoms with E-state index in [1.165, 1.54) is 0 Å². The molecule has 78 valence electrons. The first kappa shape index (κ1) is 9.51. The molecule has 0 aromatic carbocycles. The van der Waals surface area contributed by atoms with Gasteiger partial charge in [-0.05, 0) is 17.7 Å². The maximum atomic E-state index is 11.4. The van der Waals surface area contributed by atoms with E-state index in [0.29, 0.717) is 6.54 Å². The molecule has 2 aromatic rings. The van der Waals surface area contributed by atoms with Gasteiger partial charge in [0.2, 0.25) is 5.91 Å². The first-order valence-electron chi connectivity index (χ1n) is 4.70. The molecule has 0 unspecified atom stereocenters. The topological polar surface area (TPSA) is 62.7 Å². The summed E-state index contributed by atoms with van der Waals surface area (Å²) in [6.07, 6.45) is 7.10. The Balaban J connectivity index is 1.78. The van der Waals surface area contributed by atoms with Crippen LogP contribution < -0.4 is 5.32 Å². The summed E-state index contributed by atoms with van der Waals surface area (Å²) in [5.74, 6) is -0.0418. The minimum atomic E-state index is -0.0418. The van der Waals surface area contributed by atoms with Gasteiger partial charge in [-0.15, -0.1) is 0 Å². The van der Waals surface area contributed by atoms with E-state index in [1.807, 2.05) is 18.5 Å². The summed E-state index contributed by atoms with van der Waals surface area (Å²) in [4.78, 5) is 14.4. The molecule has 2 rings (SSSR count). The molecule has 5 nitrogen and oxygen atoms in total. The van der Waals surface area contributed by atoms with Crippen LogP contribution in [-0.4, -0.2) is 20.7 Å². The molecule has 5 heteroatoms. The lowest BCUT2D eigenvalue weighted by molar-refractivity contribution is -0.122. The smallest absolute Gasteiger partial charge is 0.241 e. The highest BCUT2D eigenvalue weighted by atomic mass is 16.2. The number of carbonyl (C=O) groups is 1. The molecular weight excluding hydrogens is 192 g/mol. The number of aromatic amines is 1. The van der Waals surface area contributed by atoms with Crippen molar-refractivity contribution >= 4 is 5.91 Å². The highest BCUT2D eigenvalue weighted by molar-refractivity contribution is 5.75. The van der Waals surface area contributed by atoms with Crippen LogP contribution in [0.25, 0.3) is 0 Å². The van der Waals surface area contributed by atoms with Gasteiger partial charge < -0.3 is 10.3 Å². The fraction of sp³-hybridized carbons (Fsp3) is 0.200. The number of amides is 1. The molecule has 0 aliphatic heterocycles. The Morgan fingerprint density at radius 2 is 2.53 bits per heavy atom. The maximum Gasteiger partial charge on any atom is 0.241 e. The lowest BCUT2D eigenvalue weighted by atomic mass is 10.3. The second kappa shape index (κ2) is 4.45. The Morgan fingerprint density at radius 3 is 3.20 bits per heavy atom. The zero-order valence-electron chi connectivity index (χ0n) is 8.18. The Labute approximate surface area is 87.1 Å². The van der Waals surface area contributed by atoms with E-state index in [0.717, 1.165) is 5.56 Å². The Bertz CT molecular complexity index is 405. The van der Waals surface area contributed by atoms with Gasteiger partial charge >= 0.3 is 0 Å². The van der Waals surface area contributed by atoms with Crippen molar-refractivity contribution in [3.05, 3.63) is 42.5 Å². The van der Waals surface area contributed by atoms with Crippen LogP contribution in [0.2, 0.25) is 0 Å². The van der Waals surface area contributed by atoms with Crippen LogP contribution in [-0.2, 0) is 17.9 Å². The van der Waals surface area contributed by atoms with Gasteiger partial charge in [-0.1, -0.05) is 0 Å². The standard InChI is InChI=1S/C10H12N4O/c15-10(8-14-5-1-3-13-14)12-7-9-2-4-11-6-9/h1-6,11H,7-8H2,(H,12,15). The summed E-state index contributed by atoms with van der Waals surface area (Å²) >= 11 is 0. The monoisotopic (exact) mass is 204 g/mol. The zero-order valence-corrected chi connectivity index (χ0v) is 8.18. The van der Waals surface area contributed by atoms with Crippen LogP contribution in [0.1, 0.15) is 5.56 Å². The molecular formula is C10H12N4O. The molecule has 15 heavy (non-hydrogen) atoms. The van der Waals surface area contributed by atoms with E-state index in [4.69, 9.17) is 0 Å². The number of aromatic nitrogens is 3. The van der Waals surface area contributed by atoms with E-state index < -0.39 is 0 Å². The van der Waals surface area contributed by atoms with Crippen molar-refractivity contribution in [1.82, 2.24) is 20.1 Å². The number of hydrogen-bond acceptors (Lipinski definition) is 2. The first-order chi connectivity index (χ1) is 7.34. The maximum absolute atomic E-state index is 11.4. The lowest BCUT2D eigenvalue weighted by Gasteiger charge is -2.03. The quantitative estimate of drug-likeness (QED) is 0.763. The molecule has 0 radical (unpaired) electrons. The molecule has 0 atom stereocenters. The van der Waals surface area contributed by atoms with Gasteiger partial charge in [0, 0.05) is 31.3 Å². The van der Waals surface area contributed by atoms with Crippen molar-refractivity contribution in [2.45, 2.75) is 13.1 Å². The van der Waals surface area contributed by atoms with E-state index in [-0.39, 0.29) is 12.5 Å². The molecule has 0 saturated carbocycles. The molecule has 0 aliphatic rings. The predicted octanol–water partition coefficient (Wildman–Crippen LogP) is 0.528. The summed E-state index contributed by atoms with van der Waals surface area (Å²) < 4.78 is 1.59. The van der Waals surface area contributed by atoms with Gasteiger partial charge in [-0.3, -0.25) is 9.48 Å². The first-order valence-corrected chi connectivity index (χ1v) is 4.70. The van der Waals surface area contributed by atoms with Crippen LogP contribution in [0.3, 0.4) is 0 Å². The Kier molecular flexibility index (Phi) is 2.82. The summed E-state index contributed by atoms with van der Waals surface area (Å²) in [6.45, 7) is 0.807. The second-order valence-electron chi connectivity index (χ2n) is 3.20. The number of rotatable bonds is 4. The molecule has 2 N–H and O–H groups in total. The third-order valence-corrected chi connectivity index (χ3v) is 2.02. The highest BCUT2D eigenvalue weighted by Gasteiger charge is 2.02. The Morgan fingerprint density at radius 1 is 1.60 bits per heavy atom. The van der Waals surface area contributed by atoms with Gasteiger partial charge in [-0.2, -0.15) is 5.10 Å². The Hall–Kier alpha value is -2.04. The molecule has 0 bridgehead atoms. The van der Waals surface area contributed by atoms with Crippen molar-refractivity contribution in [1.29, 1.82) is 0 Å². The number of carbonyl (C=O) groups excluding carboxylic acids is 1. The van der Waals surface area contributed by atoms with Crippen molar-refractivity contribution in [2.24, 2.45) is 0 Å². The third kappa shape index (κ3) is 2.70. The van der Waals surface area contributed by atoms with Crippen molar-refractivity contribution in [3.8, 4) is 0 Å². The van der Waals surface area contributed by atoms with Crippen LogP contribution >= 0.6 is 0 Å². The van der Waals surface area contributed by atoms with E-state index in [1.54, 1.807) is 23.1 Å². The number of nitrogens with zero attached hydrogens (tertiary/aromatic N) is 2. The number of hydrogen-bond donors (Lipinski definition) is 2. The van der Waals surface area contributed by atoms with E-state index in [2.05, 4.69) is 15.4 Å². The largest absolute Gasteiger partial charge is 0.367 e. The van der Waals surface area contributed by atoms with Gasteiger partial charge in [0.1, 0.15) is 6.54 Å². The number of nitrogens with one attached hydrogen (secondary N) is 2. The van der Waals surface area contributed by atoms with E-state index >= 15 is 0 Å². The van der Waals surface area contributed by atoms with Crippen LogP contribution in [0, 0.1) is 0 Å². The summed E-state index contributed by atoms with van der Waals surface area (Å²) in [6, 6.07) is 3.72. The molecule has 2 aromatic heterocycles. The molecule has 0 fully saturated rings. The molecule has 0 spiro atoms. The molecule has 1 amide bonds. The van der Waals surface area contributed by atoms with Crippen molar-refractivity contribution < 1.29 is 4.79 Å². The van der Waals surface area contributed by atoms with E-state index in [9.17, 15) is 4.79 Å². The van der Waals surface area contributed by atoms with Crippen molar-refractivity contribution in [3.63, 3.8) is 0 Å². The number of H-pyrrole nitrogens is 1. The summed E-state index contributed by atoms with van der Waals surface area (Å²) in [5, 5.41) is 6.75. The lowest BCUT2D eigenvalue weighted by Crippen LogP contribution is -2.27. The fourth-order valence-corrected chi connectivity index (χ4v) is 1.27. The highest BCUT2D eigenvalue weighted by Crippen LogP contribution is 1.95. The minimum Gasteiger partial charge on any atom is -0.367 e. The third-order valence-electron chi connectivity index (χ3n) is 2.02. The average molecular weight is 204 g/mol. The summed E-state index contributed by atoms with van der Waals surface area (Å²) in [5.41, 5.74) is 1.06. The van der Waals surface area contributed by atoms with Crippen LogP contribution in [0.4, 0.5) is 0 Å². The predicted molar refractivity (Wildman–Crippen MR) is 54.9 cm³/mol. The normalized spacial score (nSPS) is 10.1. The molecule has 2 heterocycles. The fourth-order valence-electron chi connectivity index (χ4n) is 1.27. The SMILES string of the molecule is O=C(Cn1cccn1)NCc1cc[nH]c1. The van der Waals surface area contributed by atoms with Gasteiger partial charge in [0.15, 0.2) is 0 Å². The average Bonchev–Trinajstić information content (AvgIpc) is 2.86. The molecule has 0 aliphatic carbocycles. The van der Waals surface area contributed by atoms with Crippen LogP contribution in [0.15, 0.2) is 36.9 Å². The summed E-state index contributed by atoms with van der Waals surface area (Å²) in [7, 11) is 0. The van der Waals surface area contributed by atoms with Gasteiger partial charge in [0.05, 0.1) is 0 Å². The van der Waals surface area contributed by atoms with Crippen LogP contribution in [0.5, 0.6) is 0 Å². The molecule has 0 saturated heterocycles. The second-order valence-corrected chi connectivity index (χ2v) is 3.20. The zero-order chi connectivity index (χ0) is 10.5. The van der Waals surface area contributed by atoms with Gasteiger partial charge in [0.25, 0.3) is 0 Å².